The quantitative estimate of drug-likeness (QED) is 0.867. The van der Waals surface area contributed by atoms with Crippen molar-refractivity contribution < 1.29 is 8.42 Å². The van der Waals surface area contributed by atoms with E-state index >= 15 is 0 Å². The topological polar surface area (TPSA) is 63.4 Å². The number of aryl methyl sites for hydroxylation is 1. The highest BCUT2D eigenvalue weighted by Gasteiger charge is 2.30. The number of hydrogen-bond donors (Lipinski definition) is 1. The minimum Gasteiger partial charge on any atom is -0.399 e. The van der Waals surface area contributed by atoms with Crippen molar-refractivity contribution >= 4 is 27.5 Å². The van der Waals surface area contributed by atoms with E-state index in [-0.39, 0.29) is 0 Å². The highest BCUT2D eigenvalue weighted by molar-refractivity contribution is 8.00. The lowest BCUT2D eigenvalue weighted by atomic mass is 10.1. The first-order chi connectivity index (χ1) is 8.95. The molecule has 1 fully saturated rings. The van der Waals surface area contributed by atoms with E-state index in [1.165, 1.54) is 0 Å². The van der Waals surface area contributed by atoms with Gasteiger partial charge in [-0.3, -0.25) is 0 Å². The van der Waals surface area contributed by atoms with Crippen molar-refractivity contribution in [1.82, 2.24) is 4.31 Å². The lowest BCUT2D eigenvalue weighted by molar-refractivity contribution is 0.423. The Morgan fingerprint density at radius 3 is 2.84 bits per heavy atom. The van der Waals surface area contributed by atoms with Crippen molar-refractivity contribution in [1.29, 1.82) is 0 Å². The minimum atomic E-state index is -3.42. The second-order valence-electron chi connectivity index (χ2n) is 4.77. The van der Waals surface area contributed by atoms with Crippen LogP contribution in [0.15, 0.2) is 23.1 Å². The van der Waals surface area contributed by atoms with E-state index in [4.69, 9.17) is 5.73 Å². The van der Waals surface area contributed by atoms with Crippen LogP contribution >= 0.6 is 11.8 Å². The standard InChI is InChI=1S/C13H20N2O2S2/c1-3-11-4-5-12(14)8-13(11)19(16,17)15-6-7-18-10(2)9-15/h4-5,8,10H,3,6-7,9,14H2,1-2H3. The SMILES string of the molecule is CCc1ccc(N)cc1S(=O)(=O)N1CCSC(C)C1. The van der Waals surface area contributed by atoms with Crippen molar-refractivity contribution in [2.24, 2.45) is 0 Å². The zero-order valence-electron chi connectivity index (χ0n) is 11.3. The van der Waals surface area contributed by atoms with Gasteiger partial charge >= 0.3 is 0 Å². The average molecular weight is 300 g/mol. The van der Waals surface area contributed by atoms with E-state index < -0.39 is 10.0 Å². The van der Waals surface area contributed by atoms with E-state index in [0.29, 0.717) is 35.3 Å². The van der Waals surface area contributed by atoms with Crippen molar-refractivity contribution in [3.8, 4) is 0 Å². The molecule has 1 aromatic rings. The van der Waals surface area contributed by atoms with Crippen molar-refractivity contribution in [2.45, 2.75) is 30.4 Å². The van der Waals surface area contributed by atoms with Crippen molar-refractivity contribution in [3.63, 3.8) is 0 Å². The molecule has 6 heteroatoms. The van der Waals surface area contributed by atoms with Gasteiger partial charge in [-0.25, -0.2) is 8.42 Å². The summed E-state index contributed by atoms with van der Waals surface area (Å²) >= 11 is 1.82. The Bertz CT molecular complexity index is 558. The number of anilines is 1. The van der Waals surface area contributed by atoms with E-state index in [1.807, 2.05) is 24.8 Å². The predicted molar refractivity (Wildman–Crippen MR) is 80.9 cm³/mol. The largest absolute Gasteiger partial charge is 0.399 e. The lowest BCUT2D eigenvalue weighted by Crippen LogP contribution is -2.41. The fourth-order valence-electron chi connectivity index (χ4n) is 2.25. The molecular weight excluding hydrogens is 280 g/mol. The monoisotopic (exact) mass is 300 g/mol. The molecule has 19 heavy (non-hydrogen) atoms. The molecule has 2 N–H and O–H groups in total. The molecule has 1 aromatic carbocycles. The number of hydrogen-bond acceptors (Lipinski definition) is 4. The maximum absolute atomic E-state index is 12.7. The van der Waals surface area contributed by atoms with E-state index in [1.54, 1.807) is 16.4 Å². The molecule has 106 valence electrons. The van der Waals surface area contributed by atoms with E-state index in [2.05, 4.69) is 6.92 Å². The Hall–Kier alpha value is -0.720. The first-order valence-corrected chi connectivity index (χ1v) is 8.94. The highest BCUT2D eigenvalue weighted by Crippen LogP contribution is 2.27. The summed E-state index contributed by atoms with van der Waals surface area (Å²) in [4.78, 5) is 0.370. The normalized spacial score (nSPS) is 21.5. The Morgan fingerprint density at radius 1 is 1.47 bits per heavy atom. The Balaban J connectivity index is 2.41. The molecule has 2 rings (SSSR count). The first-order valence-electron chi connectivity index (χ1n) is 6.45. The molecule has 0 amide bonds. The van der Waals surface area contributed by atoms with Crippen LogP contribution in [0.4, 0.5) is 5.69 Å². The summed E-state index contributed by atoms with van der Waals surface area (Å²) in [5.41, 5.74) is 7.08. The van der Waals surface area contributed by atoms with Gasteiger partial charge in [0, 0.05) is 29.8 Å². The first kappa shape index (κ1) is 14.7. The molecule has 1 atom stereocenters. The van der Waals surface area contributed by atoms with Gasteiger partial charge in [0.15, 0.2) is 0 Å². The van der Waals surface area contributed by atoms with Gasteiger partial charge in [0.1, 0.15) is 0 Å². The number of nitrogens with two attached hydrogens (primary N) is 1. The van der Waals surface area contributed by atoms with E-state index in [0.717, 1.165) is 11.3 Å². The van der Waals surface area contributed by atoms with Gasteiger partial charge in [-0.05, 0) is 24.1 Å². The maximum Gasteiger partial charge on any atom is 0.243 e. The summed E-state index contributed by atoms with van der Waals surface area (Å²) in [6.45, 7) is 5.17. The van der Waals surface area contributed by atoms with E-state index in [9.17, 15) is 8.42 Å². The zero-order chi connectivity index (χ0) is 14.0. The number of nitrogen functional groups attached to an aromatic ring is 1. The molecule has 0 saturated carbocycles. The van der Waals surface area contributed by atoms with Crippen LogP contribution in [0.3, 0.4) is 0 Å². The maximum atomic E-state index is 12.7. The number of nitrogens with zero attached hydrogens (tertiary/aromatic N) is 1. The van der Waals surface area contributed by atoms with Gasteiger partial charge < -0.3 is 5.73 Å². The van der Waals surface area contributed by atoms with Gasteiger partial charge in [0.2, 0.25) is 10.0 Å². The second-order valence-corrected chi connectivity index (χ2v) is 8.22. The highest BCUT2D eigenvalue weighted by atomic mass is 32.2. The second kappa shape index (κ2) is 5.73. The van der Waals surface area contributed by atoms with Crippen LogP contribution in [0.25, 0.3) is 0 Å². The Kier molecular flexibility index (Phi) is 4.43. The third-order valence-corrected chi connectivity index (χ3v) is 6.38. The van der Waals surface area contributed by atoms with Gasteiger partial charge in [-0.1, -0.05) is 19.9 Å². The molecule has 0 spiro atoms. The molecule has 1 saturated heterocycles. The Labute approximate surface area is 119 Å². The minimum absolute atomic E-state index is 0.342. The summed E-state index contributed by atoms with van der Waals surface area (Å²) in [6.07, 6.45) is 0.687. The molecule has 0 aliphatic carbocycles. The number of rotatable bonds is 3. The van der Waals surface area contributed by atoms with Gasteiger partial charge in [-0.15, -0.1) is 0 Å². The summed E-state index contributed by atoms with van der Waals surface area (Å²) < 4.78 is 27.0. The third kappa shape index (κ3) is 3.07. The number of sulfonamides is 1. The van der Waals surface area contributed by atoms with Gasteiger partial charge in [0.05, 0.1) is 4.90 Å². The molecule has 0 radical (unpaired) electrons. The fourth-order valence-corrected chi connectivity index (χ4v) is 5.33. The summed E-state index contributed by atoms with van der Waals surface area (Å²) in [7, 11) is -3.42. The molecule has 1 aliphatic heterocycles. The smallest absolute Gasteiger partial charge is 0.243 e. The summed E-state index contributed by atoms with van der Waals surface area (Å²) in [5, 5.41) is 0.342. The summed E-state index contributed by atoms with van der Waals surface area (Å²) in [6, 6.07) is 5.15. The molecule has 4 nitrogen and oxygen atoms in total. The molecule has 1 unspecified atom stereocenters. The molecule has 1 heterocycles. The van der Waals surface area contributed by atoms with Gasteiger partial charge in [-0.2, -0.15) is 16.1 Å². The fraction of sp³-hybridized carbons (Fsp3) is 0.538. The molecule has 1 aliphatic rings. The Morgan fingerprint density at radius 2 is 2.21 bits per heavy atom. The molecular formula is C13H20N2O2S2. The van der Waals surface area contributed by atoms with Crippen LogP contribution in [0.1, 0.15) is 19.4 Å². The zero-order valence-corrected chi connectivity index (χ0v) is 12.9. The number of thioether (sulfide) groups is 1. The lowest BCUT2D eigenvalue weighted by Gasteiger charge is -2.30. The van der Waals surface area contributed by atoms with Crippen LogP contribution in [0.5, 0.6) is 0 Å². The third-order valence-electron chi connectivity index (χ3n) is 3.29. The number of benzene rings is 1. The molecule has 0 bridgehead atoms. The van der Waals surface area contributed by atoms with Crippen LogP contribution in [0.2, 0.25) is 0 Å². The average Bonchev–Trinajstić information content (AvgIpc) is 2.38. The van der Waals surface area contributed by atoms with Crippen LogP contribution in [-0.4, -0.2) is 36.8 Å². The van der Waals surface area contributed by atoms with Crippen LogP contribution in [0, 0.1) is 0 Å². The summed E-state index contributed by atoms with van der Waals surface area (Å²) in [5.74, 6) is 0.851. The van der Waals surface area contributed by atoms with Crippen molar-refractivity contribution in [3.05, 3.63) is 23.8 Å². The van der Waals surface area contributed by atoms with Crippen LogP contribution < -0.4 is 5.73 Å². The van der Waals surface area contributed by atoms with Crippen molar-refractivity contribution in [2.75, 3.05) is 24.6 Å². The predicted octanol–water partition coefficient (Wildman–Crippen LogP) is 1.96. The van der Waals surface area contributed by atoms with Crippen LogP contribution in [-0.2, 0) is 16.4 Å². The molecule has 0 aromatic heterocycles. The van der Waals surface area contributed by atoms with Gasteiger partial charge in [0.25, 0.3) is 0 Å².